The van der Waals surface area contributed by atoms with Crippen molar-refractivity contribution in [3.05, 3.63) is 29.8 Å². The first kappa shape index (κ1) is 15.8. The van der Waals surface area contributed by atoms with Crippen LogP contribution >= 0.6 is 0 Å². The molecule has 0 spiro atoms. The van der Waals surface area contributed by atoms with Gasteiger partial charge in [-0.3, -0.25) is 9.69 Å². The number of piperidine rings is 1. The zero-order valence-electron chi connectivity index (χ0n) is 13.9. The monoisotopic (exact) mass is 315 g/mol. The lowest BCUT2D eigenvalue weighted by molar-refractivity contribution is -0.125. The Labute approximate surface area is 137 Å². The predicted octanol–water partition coefficient (Wildman–Crippen LogP) is 2.41. The molecule has 124 valence electrons. The van der Waals surface area contributed by atoms with E-state index < -0.39 is 0 Å². The molecule has 0 saturated carbocycles. The van der Waals surface area contributed by atoms with Gasteiger partial charge in [0.15, 0.2) is 0 Å². The summed E-state index contributed by atoms with van der Waals surface area (Å²) in [5.74, 6) is 0.0438. The van der Waals surface area contributed by atoms with Crippen molar-refractivity contribution in [2.45, 2.75) is 39.2 Å². The number of rotatable bonds is 2. The van der Waals surface area contributed by atoms with Gasteiger partial charge in [0.1, 0.15) is 0 Å². The summed E-state index contributed by atoms with van der Waals surface area (Å²) < 4.78 is 0. The number of hydrogen-bond acceptors (Lipinski definition) is 2. The number of anilines is 1. The molecule has 2 aliphatic heterocycles. The molecule has 1 N–H and O–H groups in total. The molecule has 3 amide bonds. The highest BCUT2D eigenvalue weighted by Gasteiger charge is 2.31. The molecule has 0 aliphatic carbocycles. The number of carbonyl (C=O) groups excluding carboxylic acids is 2. The maximum Gasteiger partial charge on any atom is 0.324 e. The maximum absolute atomic E-state index is 12.9. The molecule has 5 nitrogen and oxygen atoms in total. The third-order valence-corrected chi connectivity index (χ3v) is 4.68. The third-order valence-electron chi connectivity index (χ3n) is 4.68. The van der Waals surface area contributed by atoms with E-state index in [2.05, 4.69) is 11.4 Å². The number of carbonyl (C=O) groups is 2. The Balaban J connectivity index is 1.65. The topological polar surface area (TPSA) is 52.7 Å². The zero-order valence-corrected chi connectivity index (χ0v) is 13.9. The molecule has 1 saturated heterocycles. The predicted molar refractivity (Wildman–Crippen MR) is 90.5 cm³/mol. The van der Waals surface area contributed by atoms with E-state index in [0.29, 0.717) is 6.54 Å². The van der Waals surface area contributed by atoms with Crippen molar-refractivity contribution in [1.82, 2.24) is 10.2 Å². The first-order chi connectivity index (χ1) is 11.1. The molecule has 1 fully saturated rings. The summed E-state index contributed by atoms with van der Waals surface area (Å²) in [5.41, 5.74) is 2.27. The molecule has 2 aliphatic rings. The van der Waals surface area contributed by atoms with Crippen molar-refractivity contribution in [2.24, 2.45) is 5.92 Å². The van der Waals surface area contributed by atoms with E-state index in [-0.39, 0.29) is 23.9 Å². The van der Waals surface area contributed by atoms with Crippen molar-refractivity contribution in [3.8, 4) is 0 Å². The number of nitrogens with one attached hydrogen (secondary N) is 1. The van der Waals surface area contributed by atoms with Crippen LogP contribution in [0.3, 0.4) is 0 Å². The minimum Gasteiger partial charge on any atom is -0.351 e. The number of para-hydroxylation sites is 1. The maximum atomic E-state index is 12.9. The highest BCUT2D eigenvalue weighted by molar-refractivity contribution is 5.94. The van der Waals surface area contributed by atoms with Crippen molar-refractivity contribution >= 4 is 17.6 Å². The number of urea groups is 1. The molecular weight excluding hydrogens is 290 g/mol. The highest BCUT2D eigenvalue weighted by Crippen LogP contribution is 2.29. The van der Waals surface area contributed by atoms with Crippen LogP contribution in [0.2, 0.25) is 0 Å². The second kappa shape index (κ2) is 6.60. The molecular formula is C18H25N3O2. The molecule has 5 heteroatoms. The van der Waals surface area contributed by atoms with Crippen LogP contribution in [0.5, 0.6) is 0 Å². The summed E-state index contributed by atoms with van der Waals surface area (Å²) in [4.78, 5) is 28.5. The van der Waals surface area contributed by atoms with E-state index in [0.717, 1.165) is 38.0 Å². The number of nitrogens with zero attached hydrogens (tertiary/aromatic N) is 2. The summed E-state index contributed by atoms with van der Waals surface area (Å²) in [6.07, 6.45) is 2.80. The van der Waals surface area contributed by atoms with Gasteiger partial charge in [-0.15, -0.1) is 0 Å². The quantitative estimate of drug-likeness (QED) is 0.911. The molecule has 23 heavy (non-hydrogen) atoms. The number of likely N-dealkylation sites (tertiary alicyclic amines) is 1. The van der Waals surface area contributed by atoms with Crippen LogP contribution in [0.4, 0.5) is 10.5 Å². The van der Waals surface area contributed by atoms with Gasteiger partial charge in [-0.25, -0.2) is 4.79 Å². The van der Waals surface area contributed by atoms with E-state index >= 15 is 0 Å². The van der Waals surface area contributed by atoms with Gasteiger partial charge < -0.3 is 10.2 Å². The van der Waals surface area contributed by atoms with E-state index in [1.165, 1.54) is 5.56 Å². The Hall–Kier alpha value is -2.04. The van der Waals surface area contributed by atoms with Gasteiger partial charge in [-0.1, -0.05) is 32.0 Å². The molecule has 2 heterocycles. The van der Waals surface area contributed by atoms with Crippen LogP contribution < -0.4 is 10.2 Å². The number of fused-ring (bicyclic) bond motifs is 1. The molecule has 1 atom stereocenters. The first-order valence-electron chi connectivity index (χ1n) is 8.51. The molecule has 0 aromatic heterocycles. The van der Waals surface area contributed by atoms with E-state index in [9.17, 15) is 9.59 Å². The van der Waals surface area contributed by atoms with Gasteiger partial charge in [0.25, 0.3) is 0 Å². The van der Waals surface area contributed by atoms with Crippen LogP contribution in [-0.2, 0) is 11.2 Å². The Kier molecular flexibility index (Phi) is 4.55. The van der Waals surface area contributed by atoms with Crippen molar-refractivity contribution in [2.75, 3.05) is 24.5 Å². The molecule has 0 radical (unpaired) electrons. The Morgan fingerprint density at radius 3 is 2.78 bits per heavy atom. The van der Waals surface area contributed by atoms with Crippen molar-refractivity contribution in [3.63, 3.8) is 0 Å². The molecule has 1 aromatic rings. The SMILES string of the molecule is CC(C)C(=O)N[C@H]1CCCN(C(=O)N2CCc3ccccc32)C1. The normalized spacial score (nSPS) is 20.6. The minimum atomic E-state index is -0.0217. The average molecular weight is 315 g/mol. The third kappa shape index (κ3) is 3.33. The second-order valence-electron chi connectivity index (χ2n) is 6.76. The molecule has 3 rings (SSSR count). The van der Waals surface area contributed by atoms with Crippen LogP contribution in [0.1, 0.15) is 32.3 Å². The summed E-state index contributed by atoms with van der Waals surface area (Å²) in [6.45, 7) is 5.91. The van der Waals surface area contributed by atoms with Crippen LogP contribution in [0, 0.1) is 5.92 Å². The molecule has 0 bridgehead atoms. The fourth-order valence-electron chi connectivity index (χ4n) is 3.34. The lowest BCUT2D eigenvalue weighted by Crippen LogP contribution is -2.53. The van der Waals surface area contributed by atoms with E-state index in [1.54, 1.807) is 0 Å². The number of benzene rings is 1. The first-order valence-corrected chi connectivity index (χ1v) is 8.51. The van der Waals surface area contributed by atoms with Gasteiger partial charge in [0.05, 0.1) is 0 Å². The smallest absolute Gasteiger partial charge is 0.324 e. The lowest BCUT2D eigenvalue weighted by atomic mass is 10.0. The number of hydrogen-bond donors (Lipinski definition) is 1. The van der Waals surface area contributed by atoms with Crippen molar-refractivity contribution in [1.29, 1.82) is 0 Å². The Bertz CT molecular complexity index is 600. The van der Waals surface area contributed by atoms with E-state index in [1.807, 2.05) is 41.8 Å². The highest BCUT2D eigenvalue weighted by atomic mass is 16.2. The Morgan fingerprint density at radius 1 is 1.22 bits per heavy atom. The van der Waals surface area contributed by atoms with Gasteiger partial charge in [-0.05, 0) is 30.9 Å². The Morgan fingerprint density at radius 2 is 2.00 bits per heavy atom. The van der Waals surface area contributed by atoms with Gasteiger partial charge in [0, 0.05) is 37.3 Å². The largest absolute Gasteiger partial charge is 0.351 e. The zero-order chi connectivity index (χ0) is 16.4. The summed E-state index contributed by atoms with van der Waals surface area (Å²) >= 11 is 0. The standard InChI is InChI=1S/C18H25N3O2/c1-13(2)17(22)19-15-7-5-10-20(12-15)18(23)21-11-9-14-6-3-4-8-16(14)21/h3-4,6,8,13,15H,5,7,9-12H2,1-2H3,(H,19,22)/t15-/m0/s1. The fraction of sp³-hybridized carbons (Fsp3) is 0.556. The fourth-order valence-corrected chi connectivity index (χ4v) is 3.34. The van der Waals surface area contributed by atoms with Crippen LogP contribution in [-0.4, -0.2) is 42.5 Å². The van der Waals surface area contributed by atoms with Gasteiger partial charge in [-0.2, -0.15) is 0 Å². The molecule has 1 aromatic carbocycles. The summed E-state index contributed by atoms with van der Waals surface area (Å²) in [7, 11) is 0. The van der Waals surface area contributed by atoms with Gasteiger partial charge >= 0.3 is 6.03 Å². The van der Waals surface area contributed by atoms with Crippen LogP contribution in [0.25, 0.3) is 0 Å². The summed E-state index contributed by atoms with van der Waals surface area (Å²) in [5, 5.41) is 3.06. The number of amides is 3. The lowest BCUT2D eigenvalue weighted by Gasteiger charge is -2.36. The summed E-state index contributed by atoms with van der Waals surface area (Å²) in [6, 6.07) is 8.24. The molecule has 0 unspecified atom stereocenters. The van der Waals surface area contributed by atoms with Crippen molar-refractivity contribution < 1.29 is 9.59 Å². The minimum absolute atomic E-state index is 0.0217. The van der Waals surface area contributed by atoms with E-state index in [4.69, 9.17) is 0 Å². The van der Waals surface area contributed by atoms with Gasteiger partial charge in [0.2, 0.25) is 5.91 Å². The van der Waals surface area contributed by atoms with Crippen LogP contribution in [0.15, 0.2) is 24.3 Å². The second-order valence-corrected chi connectivity index (χ2v) is 6.76. The average Bonchev–Trinajstić information content (AvgIpc) is 2.98.